The summed E-state index contributed by atoms with van der Waals surface area (Å²) in [5, 5.41) is 3.23. The molecule has 0 unspecified atom stereocenters. The summed E-state index contributed by atoms with van der Waals surface area (Å²) in [6.07, 6.45) is 6.82. The summed E-state index contributed by atoms with van der Waals surface area (Å²) in [5.74, 6) is 0.697. The van der Waals surface area contributed by atoms with Crippen LogP contribution in [0.1, 0.15) is 61.1 Å². The van der Waals surface area contributed by atoms with E-state index in [0.29, 0.717) is 29.4 Å². The van der Waals surface area contributed by atoms with Gasteiger partial charge in [0.15, 0.2) is 0 Å². The molecule has 3 aromatic rings. The van der Waals surface area contributed by atoms with Gasteiger partial charge in [0, 0.05) is 24.0 Å². The Morgan fingerprint density at radius 1 is 1.00 bits per heavy atom. The molecule has 36 heavy (non-hydrogen) atoms. The Kier molecular flexibility index (Phi) is 8.55. The van der Waals surface area contributed by atoms with E-state index in [4.69, 9.17) is 9.47 Å². The number of anilines is 1. The van der Waals surface area contributed by atoms with Crippen molar-refractivity contribution >= 4 is 17.5 Å². The molecule has 2 aromatic carbocycles. The zero-order chi connectivity index (χ0) is 25.3. The summed E-state index contributed by atoms with van der Waals surface area (Å²) in [7, 11) is 1.60. The van der Waals surface area contributed by atoms with Gasteiger partial charge in [-0.25, -0.2) is 0 Å². The molecule has 0 aliphatic heterocycles. The van der Waals surface area contributed by atoms with Crippen LogP contribution in [-0.2, 0) is 4.79 Å². The van der Waals surface area contributed by atoms with Crippen molar-refractivity contribution in [2.45, 2.75) is 51.1 Å². The van der Waals surface area contributed by atoms with Crippen LogP contribution in [0, 0.1) is 0 Å². The number of hydrogen-bond acceptors (Lipinski definition) is 5. The number of aromatic nitrogens is 1. The molecule has 0 saturated heterocycles. The number of hydrogen-bond donors (Lipinski definition) is 1. The van der Waals surface area contributed by atoms with Crippen molar-refractivity contribution in [3.63, 3.8) is 0 Å². The van der Waals surface area contributed by atoms with Crippen LogP contribution in [0.5, 0.6) is 11.5 Å². The summed E-state index contributed by atoms with van der Waals surface area (Å²) in [6.45, 7) is 2.39. The lowest BCUT2D eigenvalue weighted by Crippen LogP contribution is -2.47. The average Bonchev–Trinajstić information content (AvgIpc) is 2.93. The zero-order valence-corrected chi connectivity index (χ0v) is 20.9. The first-order chi connectivity index (χ1) is 17.6. The molecule has 7 heteroatoms. The van der Waals surface area contributed by atoms with Gasteiger partial charge >= 0.3 is 0 Å². The molecule has 1 heterocycles. The number of amides is 2. The molecule has 1 aliphatic rings. The third-order valence-corrected chi connectivity index (χ3v) is 6.40. The SMILES string of the molecule is CCOc1cccc(N(C(=O)c2ccccn2)[C@H](C(=O)NC2CCCCC2)c2ccc(OC)cc2)c1. The standard InChI is InChI=1S/C29H33N3O4/c1-3-36-25-13-9-12-23(20-25)32(29(34)26-14-7-8-19-30-26)27(21-15-17-24(35-2)18-16-21)28(33)31-22-10-5-4-6-11-22/h7-9,12-20,22,27H,3-6,10-11H2,1-2H3,(H,31,33)/t27-/m0/s1. The average molecular weight is 488 g/mol. The minimum Gasteiger partial charge on any atom is -0.497 e. The fraction of sp³-hybridized carbons (Fsp3) is 0.345. The normalized spacial score (nSPS) is 14.5. The predicted molar refractivity (Wildman–Crippen MR) is 139 cm³/mol. The quantitative estimate of drug-likeness (QED) is 0.442. The molecule has 1 fully saturated rings. The summed E-state index contributed by atoms with van der Waals surface area (Å²) < 4.78 is 11.0. The van der Waals surface area contributed by atoms with Crippen molar-refractivity contribution in [2.24, 2.45) is 0 Å². The lowest BCUT2D eigenvalue weighted by molar-refractivity contribution is -0.123. The van der Waals surface area contributed by atoms with Crippen LogP contribution in [0.15, 0.2) is 72.9 Å². The lowest BCUT2D eigenvalue weighted by atomic mass is 9.94. The number of ether oxygens (including phenoxy) is 2. The van der Waals surface area contributed by atoms with Crippen LogP contribution < -0.4 is 19.7 Å². The Balaban J connectivity index is 1.81. The number of carbonyl (C=O) groups excluding carboxylic acids is 2. The fourth-order valence-corrected chi connectivity index (χ4v) is 4.62. The highest BCUT2D eigenvalue weighted by Gasteiger charge is 2.35. The van der Waals surface area contributed by atoms with Gasteiger partial charge in [0.2, 0.25) is 5.91 Å². The van der Waals surface area contributed by atoms with Gasteiger partial charge in [0.25, 0.3) is 5.91 Å². The number of rotatable bonds is 9. The Bertz CT molecular complexity index is 1140. The van der Waals surface area contributed by atoms with Gasteiger partial charge in [-0.1, -0.05) is 43.5 Å². The highest BCUT2D eigenvalue weighted by Crippen LogP contribution is 2.33. The molecule has 7 nitrogen and oxygen atoms in total. The fourth-order valence-electron chi connectivity index (χ4n) is 4.62. The largest absolute Gasteiger partial charge is 0.497 e. The van der Waals surface area contributed by atoms with E-state index in [-0.39, 0.29) is 23.6 Å². The Morgan fingerprint density at radius 3 is 2.44 bits per heavy atom. The van der Waals surface area contributed by atoms with E-state index in [1.165, 1.54) is 11.3 Å². The summed E-state index contributed by atoms with van der Waals surface area (Å²) in [4.78, 5) is 33.7. The second kappa shape index (κ2) is 12.2. The van der Waals surface area contributed by atoms with Gasteiger partial charge in [-0.15, -0.1) is 0 Å². The van der Waals surface area contributed by atoms with Crippen LogP contribution in [0.2, 0.25) is 0 Å². The van der Waals surface area contributed by atoms with E-state index in [0.717, 1.165) is 25.7 Å². The van der Waals surface area contributed by atoms with E-state index in [1.807, 2.05) is 37.3 Å². The van der Waals surface area contributed by atoms with Crippen molar-refractivity contribution < 1.29 is 19.1 Å². The van der Waals surface area contributed by atoms with E-state index >= 15 is 0 Å². The van der Waals surface area contributed by atoms with E-state index in [9.17, 15) is 9.59 Å². The van der Waals surface area contributed by atoms with Crippen molar-refractivity contribution in [2.75, 3.05) is 18.6 Å². The predicted octanol–water partition coefficient (Wildman–Crippen LogP) is 5.33. The minimum atomic E-state index is -0.913. The van der Waals surface area contributed by atoms with Crippen molar-refractivity contribution in [3.05, 3.63) is 84.2 Å². The van der Waals surface area contributed by atoms with Crippen LogP contribution in [0.25, 0.3) is 0 Å². The highest BCUT2D eigenvalue weighted by molar-refractivity contribution is 6.09. The number of pyridine rings is 1. The molecule has 2 amide bonds. The first-order valence-corrected chi connectivity index (χ1v) is 12.5. The number of methoxy groups -OCH3 is 1. The van der Waals surface area contributed by atoms with E-state index in [1.54, 1.807) is 49.7 Å². The maximum Gasteiger partial charge on any atom is 0.277 e. The third kappa shape index (κ3) is 6.03. The maximum absolute atomic E-state index is 14.0. The van der Waals surface area contributed by atoms with Gasteiger partial charge in [-0.2, -0.15) is 0 Å². The summed E-state index contributed by atoms with van der Waals surface area (Å²) in [5.41, 5.74) is 1.48. The lowest BCUT2D eigenvalue weighted by Gasteiger charge is -2.33. The molecule has 1 atom stereocenters. The molecule has 1 N–H and O–H groups in total. The van der Waals surface area contributed by atoms with Crippen LogP contribution in [0.3, 0.4) is 0 Å². The smallest absolute Gasteiger partial charge is 0.277 e. The molecule has 1 aromatic heterocycles. The monoisotopic (exact) mass is 487 g/mol. The molecular weight excluding hydrogens is 454 g/mol. The molecule has 0 spiro atoms. The highest BCUT2D eigenvalue weighted by atomic mass is 16.5. The van der Waals surface area contributed by atoms with Gasteiger partial charge < -0.3 is 14.8 Å². The molecular formula is C29H33N3O4. The van der Waals surface area contributed by atoms with Crippen LogP contribution in [-0.4, -0.2) is 36.6 Å². The molecule has 1 saturated carbocycles. The van der Waals surface area contributed by atoms with Gasteiger partial charge in [-0.3, -0.25) is 19.5 Å². The summed E-state index contributed by atoms with van der Waals surface area (Å²) in [6, 6.07) is 18.9. The van der Waals surface area contributed by atoms with Crippen LogP contribution in [0.4, 0.5) is 5.69 Å². The zero-order valence-electron chi connectivity index (χ0n) is 20.9. The van der Waals surface area contributed by atoms with Crippen molar-refractivity contribution in [3.8, 4) is 11.5 Å². The van der Waals surface area contributed by atoms with E-state index in [2.05, 4.69) is 10.3 Å². The van der Waals surface area contributed by atoms with Gasteiger partial charge in [0.1, 0.15) is 23.2 Å². The topological polar surface area (TPSA) is 80.8 Å². The summed E-state index contributed by atoms with van der Waals surface area (Å²) >= 11 is 0. The molecule has 0 bridgehead atoms. The van der Waals surface area contributed by atoms with Crippen molar-refractivity contribution in [1.29, 1.82) is 0 Å². The van der Waals surface area contributed by atoms with Crippen molar-refractivity contribution in [1.82, 2.24) is 10.3 Å². The van der Waals surface area contributed by atoms with E-state index < -0.39 is 6.04 Å². The molecule has 1 aliphatic carbocycles. The number of nitrogens with zero attached hydrogens (tertiary/aromatic N) is 2. The molecule has 0 radical (unpaired) electrons. The maximum atomic E-state index is 14.0. The van der Waals surface area contributed by atoms with Gasteiger partial charge in [0.05, 0.1) is 13.7 Å². The first kappa shape index (κ1) is 25.2. The van der Waals surface area contributed by atoms with Gasteiger partial charge in [-0.05, 0) is 61.7 Å². The number of benzene rings is 2. The first-order valence-electron chi connectivity index (χ1n) is 12.5. The molecule has 4 rings (SSSR count). The Hall–Kier alpha value is -3.87. The number of carbonyl (C=O) groups is 2. The second-order valence-electron chi connectivity index (χ2n) is 8.84. The third-order valence-electron chi connectivity index (χ3n) is 6.40. The van der Waals surface area contributed by atoms with Crippen LogP contribution >= 0.6 is 0 Å². The minimum absolute atomic E-state index is 0.0913. The number of nitrogens with one attached hydrogen (secondary N) is 1. The Labute approximate surface area is 212 Å². The Morgan fingerprint density at radius 2 is 1.78 bits per heavy atom. The molecule has 188 valence electrons. The second-order valence-corrected chi connectivity index (χ2v) is 8.84.